The predicted octanol–water partition coefficient (Wildman–Crippen LogP) is -0.762. The average molecular weight is 307 g/mol. The minimum Gasteiger partial charge on any atom is -0.480 e. The number of carbonyl (C=O) groups excluding carboxylic acids is 1. The van der Waals surface area contributed by atoms with Crippen molar-refractivity contribution in [1.29, 1.82) is 0 Å². The minimum atomic E-state index is -3.87. The number of carboxylic acids is 1. The van der Waals surface area contributed by atoms with E-state index in [0.29, 0.717) is 19.3 Å². The molecule has 0 aromatic heterocycles. The molecule has 0 aromatic carbocycles. The van der Waals surface area contributed by atoms with Crippen LogP contribution in [0.3, 0.4) is 0 Å². The summed E-state index contributed by atoms with van der Waals surface area (Å²) < 4.78 is 27.4. The molecule has 116 valence electrons. The first kappa shape index (κ1) is 16.9. The van der Waals surface area contributed by atoms with E-state index in [1.165, 1.54) is 4.90 Å². The molecule has 1 heterocycles. The zero-order valence-electron chi connectivity index (χ0n) is 11.7. The number of aliphatic carboxylic acids is 1. The Hall–Kier alpha value is -1.19. The first-order valence-corrected chi connectivity index (χ1v) is 7.89. The maximum atomic E-state index is 12.1. The largest absolute Gasteiger partial charge is 0.480 e. The summed E-state index contributed by atoms with van der Waals surface area (Å²) in [5, 5.41) is 9.06. The van der Waals surface area contributed by atoms with E-state index in [1.54, 1.807) is 14.1 Å². The van der Waals surface area contributed by atoms with Gasteiger partial charge in [-0.05, 0) is 19.3 Å². The van der Waals surface area contributed by atoms with Crippen molar-refractivity contribution in [2.75, 3.05) is 27.2 Å². The summed E-state index contributed by atoms with van der Waals surface area (Å²) in [6.45, 7) is 0.149. The molecule has 1 unspecified atom stereocenters. The highest BCUT2D eigenvalue weighted by Crippen LogP contribution is 2.19. The number of hydrogen-bond donors (Lipinski definition) is 2. The molecule has 1 atom stereocenters. The Morgan fingerprint density at radius 1 is 1.35 bits per heavy atom. The van der Waals surface area contributed by atoms with Gasteiger partial charge in [-0.15, -0.1) is 0 Å². The molecule has 0 radical (unpaired) electrons. The first-order chi connectivity index (χ1) is 9.25. The molecule has 2 N–H and O–H groups in total. The lowest BCUT2D eigenvalue weighted by Crippen LogP contribution is -2.52. The number of carboxylic acid groups (broad SMARTS) is 1. The zero-order chi connectivity index (χ0) is 15.3. The van der Waals surface area contributed by atoms with Crippen LogP contribution in [0.15, 0.2) is 0 Å². The van der Waals surface area contributed by atoms with Crippen molar-refractivity contribution >= 4 is 22.1 Å². The van der Waals surface area contributed by atoms with Crippen LogP contribution in [0.5, 0.6) is 0 Å². The van der Waals surface area contributed by atoms with Crippen LogP contribution in [0, 0.1) is 0 Å². The Balaban J connectivity index is 2.62. The summed E-state index contributed by atoms with van der Waals surface area (Å²) in [4.78, 5) is 23.8. The van der Waals surface area contributed by atoms with E-state index in [1.807, 2.05) is 0 Å². The molecule has 8 nitrogen and oxygen atoms in total. The van der Waals surface area contributed by atoms with Gasteiger partial charge in [0.05, 0.1) is 0 Å². The number of nitrogens with zero attached hydrogens (tertiary/aromatic N) is 2. The summed E-state index contributed by atoms with van der Waals surface area (Å²) in [7, 11) is -0.697. The second kappa shape index (κ2) is 7.00. The van der Waals surface area contributed by atoms with Crippen molar-refractivity contribution in [3.63, 3.8) is 0 Å². The van der Waals surface area contributed by atoms with Gasteiger partial charge in [-0.2, -0.15) is 12.7 Å². The Kier molecular flexibility index (Phi) is 5.90. The van der Waals surface area contributed by atoms with Crippen LogP contribution >= 0.6 is 0 Å². The summed E-state index contributed by atoms with van der Waals surface area (Å²) in [6, 6.07) is -1.02. The minimum absolute atomic E-state index is 0.0395. The standard InChI is InChI=1S/C11H21N3O5S/c1-13(2)10(15)6-7-12-20(18,19)14-8-4-3-5-9(14)11(16)17/h9,12H,3-8H2,1-2H3,(H,16,17). The lowest BCUT2D eigenvalue weighted by molar-refractivity contribution is -0.142. The van der Waals surface area contributed by atoms with Crippen LogP contribution in [0.2, 0.25) is 0 Å². The van der Waals surface area contributed by atoms with Gasteiger partial charge in [-0.3, -0.25) is 9.59 Å². The van der Waals surface area contributed by atoms with Crippen LogP contribution in [0.4, 0.5) is 0 Å². The van der Waals surface area contributed by atoms with Crippen molar-refractivity contribution in [3.05, 3.63) is 0 Å². The molecule has 0 aromatic rings. The third kappa shape index (κ3) is 4.43. The lowest BCUT2D eigenvalue weighted by atomic mass is 10.1. The van der Waals surface area contributed by atoms with Gasteiger partial charge < -0.3 is 10.0 Å². The molecule has 1 aliphatic rings. The monoisotopic (exact) mass is 307 g/mol. The van der Waals surface area contributed by atoms with E-state index in [4.69, 9.17) is 5.11 Å². The molecule has 0 bridgehead atoms. The SMILES string of the molecule is CN(C)C(=O)CCNS(=O)(=O)N1CCCCC1C(=O)O. The molecular weight excluding hydrogens is 286 g/mol. The summed E-state index contributed by atoms with van der Waals surface area (Å²) >= 11 is 0. The molecule has 1 aliphatic heterocycles. The third-order valence-corrected chi connectivity index (χ3v) is 4.79. The third-order valence-electron chi connectivity index (χ3n) is 3.17. The van der Waals surface area contributed by atoms with Gasteiger partial charge in [0, 0.05) is 33.6 Å². The van der Waals surface area contributed by atoms with Crippen LogP contribution < -0.4 is 4.72 Å². The highest BCUT2D eigenvalue weighted by molar-refractivity contribution is 7.87. The average Bonchev–Trinajstić information content (AvgIpc) is 2.38. The fraction of sp³-hybridized carbons (Fsp3) is 0.818. The van der Waals surface area contributed by atoms with Gasteiger partial charge in [0.1, 0.15) is 6.04 Å². The number of nitrogens with one attached hydrogen (secondary N) is 1. The fourth-order valence-corrected chi connectivity index (χ4v) is 3.46. The van der Waals surface area contributed by atoms with Crippen molar-refractivity contribution in [1.82, 2.24) is 13.9 Å². The maximum Gasteiger partial charge on any atom is 0.322 e. The molecule has 0 aliphatic carbocycles. The number of rotatable bonds is 6. The van der Waals surface area contributed by atoms with Crippen LogP contribution in [0.1, 0.15) is 25.7 Å². The second-order valence-corrected chi connectivity index (χ2v) is 6.61. The summed E-state index contributed by atoms with van der Waals surface area (Å²) in [5.74, 6) is -1.33. The van der Waals surface area contributed by atoms with E-state index in [2.05, 4.69) is 4.72 Å². The van der Waals surface area contributed by atoms with Crippen LogP contribution in [-0.4, -0.2) is 67.8 Å². The topological polar surface area (TPSA) is 107 Å². The van der Waals surface area contributed by atoms with E-state index >= 15 is 0 Å². The molecule has 1 fully saturated rings. The highest BCUT2D eigenvalue weighted by atomic mass is 32.2. The van der Waals surface area contributed by atoms with E-state index in [9.17, 15) is 18.0 Å². The Bertz CT molecular complexity index is 463. The van der Waals surface area contributed by atoms with Crippen molar-refractivity contribution in [2.24, 2.45) is 0 Å². The molecule has 1 amide bonds. The van der Waals surface area contributed by atoms with Gasteiger partial charge in [-0.1, -0.05) is 0 Å². The molecule has 0 spiro atoms. The van der Waals surface area contributed by atoms with Crippen LogP contribution in [0.25, 0.3) is 0 Å². The molecule has 1 rings (SSSR count). The van der Waals surface area contributed by atoms with Gasteiger partial charge in [0.2, 0.25) is 5.91 Å². The summed E-state index contributed by atoms with van der Waals surface area (Å²) in [6.07, 6.45) is 1.69. The van der Waals surface area contributed by atoms with Crippen LogP contribution in [-0.2, 0) is 19.8 Å². The van der Waals surface area contributed by atoms with Gasteiger partial charge in [0.15, 0.2) is 0 Å². The van der Waals surface area contributed by atoms with E-state index < -0.39 is 22.2 Å². The number of piperidine rings is 1. The quantitative estimate of drug-likeness (QED) is 0.670. The van der Waals surface area contributed by atoms with Gasteiger partial charge >= 0.3 is 5.97 Å². The fourth-order valence-electron chi connectivity index (χ4n) is 2.03. The van der Waals surface area contributed by atoms with E-state index in [0.717, 1.165) is 4.31 Å². The summed E-state index contributed by atoms with van der Waals surface area (Å²) in [5.41, 5.74) is 0. The molecule has 1 saturated heterocycles. The van der Waals surface area contributed by atoms with Gasteiger partial charge in [0.25, 0.3) is 10.2 Å². The maximum absolute atomic E-state index is 12.1. The number of carbonyl (C=O) groups is 2. The van der Waals surface area contributed by atoms with Crippen molar-refractivity contribution < 1.29 is 23.1 Å². The molecule has 0 saturated carbocycles. The van der Waals surface area contributed by atoms with Gasteiger partial charge in [-0.25, -0.2) is 4.72 Å². The number of hydrogen-bond acceptors (Lipinski definition) is 4. The Labute approximate surface area is 118 Å². The Morgan fingerprint density at radius 3 is 2.55 bits per heavy atom. The smallest absolute Gasteiger partial charge is 0.322 e. The van der Waals surface area contributed by atoms with E-state index in [-0.39, 0.29) is 25.4 Å². The predicted molar refractivity (Wildman–Crippen MR) is 72.2 cm³/mol. The first-order valence-electron chi connectivity index (χ1n) is 6.45. The van der Waals surface area contributed by atoms with Crippen molar-refractivity contribution in [2.45, 2.75) is 31.7 Å². The molecular formula is C11H21N3O5S. The Morgan fingerprint density at radius 2 is 2.00 bits per heavy atom. The second-order valence-electron chi connectivity index (χ2n) is 4.90. The lowest BCUT2D eigenvalue weighted by Gasteiger charge is -2.31. The highest BCUT2D eigenvalue weighted by Gasteiger charge is 2.36. The zero-order valence-corrected chi connectivity index (χ0v) is 12.5. The number of amides is 1. The van der Waals surface area contributed by atoms with Crippen molar-refractivity contribution in [3.8, 4) is 0 Å². The molecule has 20 heavy (non-hydrogen) atoms. The molecule has 9 heteroatoms. The normalized spacial score (nSPS) is 20.6.